The lowest BCUT2D eigenvalue weighted by atomic mass is 9.74. The molecule has 0 amide bonds. The van der Waals surface area contributed by atoms with Gasteiger partial charge in [-0.25, -0.2) is 0 Å². The van der Waals surface area contributed by atoms with Gasteiger partial charge in [0.05, 0.1) is 6.10 Å². The molecule has 2 aliphatic carbocycles. The second-order valence-corrected chi connectivity index (χ2v) is 6.20. The summed E-state index contributed by atoms with van der Waals surface area (Å²) in [5, 5.41) is 10.2. The minimum atomic E-state index is -0.0895. The number of rotatable bonds is 3. The smallest absolute Gasteiger partial charge is 0.0579 e. The van der Waals surface area contributed by atoms with Gasteiger partial charge < -0.3 is 5.11 Å². The molecule has 3 rings (SSSR count). The molecule has 0 heterocycles. The Balaban J connectivity index is 1.62. The van der Waals surface area contributed by atoms with Gasteiger partial charge in [-0.1, -0.05) is 38.1 Å². The molecule has 0 aliphatic heterocycles. The molecule has 1 N–H and O–H groups in total. The summed E-state index contributed by atoms with van der Waals surface area (Å²) < 4.78 is 0. The Morgan fingerprint density at radius 1 is 1.38 bits per heavy atom. The molecule has 0 spiro atoms. The number of benzene rings is 1. The van der Waals surface area contributed by atoms with E-state index in [1.807, 2.05) is 0 Å². The van der Waals surface area contributed by atoms with E-state index >= 15 is 0 Å². The number of hydrogen-bond acceptors (Lipinski definition) is 1. The Hall–Kier alpha value is -0.820. The van der Waals surface area contributed by atoms with Crippen LogP contribution in [0.3, 0.4) is 0 Å². The predicted octanol–water partition coefficient (Wildman–Crippen LogP) is 3.12. The largest absolute Gasteiger partial charge is 0.393 e. The fraction of sp³-hybridized carbons (Fsp3) is 0.600. The van der Waals surface area contributed by atoms with Gasteiger partial charge >= 0.3 is 0 Å². The number of aliphatic hydroxyl groups is 1. The zero-order valence-corrected chi connectivity index (χ0v) is 10.1. The van der Waals surface area contributed by atoms with Crippen LogP contribution in [0.4, 0.5) is 0 Å². The Kier molecular flexibility index (Phi) is 2.16. The molecule has 1 heteroatoms. The molecule has 1 nitrogen and oxygen atoms in total. The van der Waals surface area contributed by atoms with E-state index in [1.165, 1.54) is 24.0 Å². The van der Waals surface area contributed by atoms with Crippen LogP contribution in [0.2, 0.25) is 0 Å². The van der Waals surface area contributed by atoms with Crippen molar-refractivity contribution in [2.75, 3.05) is 0 Å². The highest BCUT2D eigenvalue weighted by Crippen LogP contribution is 2.55. The second-order valence-electron chi connectivity index (χ2n) is 6.20. The molecule has 1 aromatic carbocycles. The molecule has 2 aliphatic rings. The molecule has 0 aromatic heterocycles. The van der Waals surface area contributed by atoms with Crippen LogP contribution in [0.1, 0.15) is 43.7 Å². The molecule has 0 saturated heterocycles. The third kappa shape index (κ3) is 1.58. The van der Waals surface area contributed by atoms with E-state index in [2.05, 4.69) is 38.1 Å². The molecular formula is C15H20O. The van der Waals surface area contributed by atoms with Gasteiger partial charge in [-0.15, -0.1) is 0 Å². The van der Waals surface area contributed by atoms with E-state index in [1.54, 1.807) is 0 Å². The van der Waals surface area contributed by atoms with E-state index < -0.39 is 0 Å². The summed E-state index contributed by atoms with van der Waals surface area (Å²) in [5.41, 5.74) is 3.35. The first kappa shape index (κ1) is 10.3. The molecular weight excluding hydrogens is 196 g/mol. The molecule has 3 unspecified atom stereocenters. The molecule has 0 radical (unpaired) electrons. The van der Waals surface area contributed by atoms with Crippen molar-refractivity contribution in [1.82, 2.24) is 0 Å². The van der Waals surface area contributed by atoms with Gasteiger partial charge in [-0.2, -0.15) is 0 Å². The predicted molar refractivity (Wildman–Crippen MR) is 65.4 cm³/mol. The quantitative estimate of drug-likeness (QED) is 0.823. The van der Waals surface area contributed by atoms with E-state index in [0.29, 0.717) is 17.3 Å². The lowest BCUT2D eigenvalue weighted by Crippen LogP contribution is -2.24. The molecule has 16 heavy (non-hydrogen) atoms. The zero-order chi connectivity index (χ0) is 11.3. The highest BCUT2D eigenvalue weighted by molar-refractivity contribution is 5.39. The standard InChI is InChI=1S/C15H20O/c1-15(2)9-13(15)14(16)8-11-7-10-5-3-4-6-12(10)11/h3-6,11,13-14,16H,7-9H2,1-2H3. The van der Waals surface area contributed by atoms with Crippen LogP contribution in [0.25, 0.3) is 0 Å². The van der Waals surface area contributed by atoms with Crippen LogP contribution in [0.15, 0.2) is 24.3 Å². The summed E-state index contributed by atoms with van der Waals surface area (Å²) in [4.78, 5) is 0. The normalized spacial score (nSPS) is 31.4. The first-order chi connectivity index (χ1) is 7.58. The molecule has 3 atom stereocenters. The number of aliphatic hydroxyl groups excluding tert-OH is 1. The van der Waals surface area contributed by atoms with E-state index in [4.69, 9.17) is 0 Å². The van der Waals surface area contributed by atoms with Gasteiger partial charge in [0.15, 0.2) is 0 Å². The first-order valence-electron chi connectivity index (χ1n) is 6.34. The lowest BCUT2D eigenvalue weighted by molar-refractivity contribution is 0.116. The molecule has 1 aromatic rings. The number of fused-ring (bicyclic) bond motifs is 1. The summed E-state index contributed by atoms with van der Waals surface area (Å²) in [6.45, 7) is 4.52. The van der Waals surface area contributed by atoms with Crippen LogP contribution in [-0.4, -0.2) is 11.2 Å². The summed E-state index contributed by atoms with van der Waals surface area (Å²) in [5.74, 6) is 1.16. The van der Waals surface area contributed by atoms with Crippen molar-refractivity contribution in [3.8, 4) is 0 Å². The number of hydrogen-bond donors (Lipinski definition) is 1. The van der Waals surface area contributed by atoms with Crippen LogP contribution in [-0.2, 0) is 6.42 Å². The summed E-state index contributed by atoms with van der Waals surface area (Å²) >= 11 is 0. The monoisotopic (exact) mass is 216 g/mol. The van der Waals surface area contributed by atoms with Gasteiger partial charge in [0, 0.05) is 0 Å². The van der Waals surface area contributed by atoms with Crippen molar-refractivity contribution >= 4 is 0 Å². The molecule has 0 bridgehead atoms. The summed E-state index contributed by atoms with van der Waals surface area (Å²) in [6.07, 6.45) is 3.24. The third-order valence-corrected chi connectivity index (χ3v) is 4.54. The van der Waals surface area contributed by atoms with Gasteiger partial charge in [0.25, 0.3) is 0 Å². The maximum atomic E-state index is 10.2. The van der Waals surface area contributed by atoms with Crippen molar-refractivity contribution < 1.29 is 5.11 Å². The highest BCUT2D eigenvalue weighted by atomic mass is 16.3. The van der Waals surface area contributed by atoms with E-state index in [-0.39, 0.29) is 6.10 Å². The minimum Gasteiger partial charge on any atom is -0.393 e. The molecule has 1 saturated carbocycles. The average Bonchev–Trinajstić information content (AvgIpc) is 2.84. The Bertz CT molecular complexity index is 408. The van der Waals surface area contributed by atoms with Crippen LogP contribution in [0, 0.1) is 11.3 Å². The summed E-state index contributed by atoms with van der Waals surface area (Å²) in [6, 6.07) is 8.64. The fourth-order valence-corrected chi connectivity index (χ4v) is 3.19. The van der Waals surface area contributed by atoms with Crippen LogP contribution in [0.5, 0.6) is 0 Å². The van der Waals surface area contributed by atoms with Gasteiger partial charge in [-0.05, 0) is 47.6 Å². The van der Waals surface area contributed by atoms with Gasteiger partial charge in [-0.3, -0.25) is 0 Å². The van der Waals surface area contributed by atoms with Crippen molar-refractivity contribution in [2.45, 2.75) is 45.1 Å². The van der Waals surface area contributed by atoms with Crippen LogP contribution >= 0.6 is 0 Å². The topological polar surface area (TPSA) is 20.2 Å². The van der Waals surface area contributed by atoms with E-state index in [0.717, 1.165) is 6.42 Å². The molecule has 1 fully saturated rings. The van der Waals surface area contributed by atoms with Crippen molar-refractivity contribution in [3.63, 3.8) is 0 Å². The second kappa shape index (κ2) is 3.33. The van der Waals surface area contributed by atoms with Crippen LogP contribution < -0.4 is 0 Å². The minimum absolute atomic E-state index is 0.0895. The summed E-state index contributed by atoms with van der Waals surface area (Å²) in [7, 11) is 0. The first-order valence-corrected chi connectivity index (χ1v) is 6.34. The average molecular weight is 216 g/mol. The maximum absolute atomic E-state index is 10.2. The Morgan fingerprint density at radius 2 is 2.06 bits per heavy atom. The fourth-order valence-electron chi connectivity index (χ4n) is 3.19. The van der Waals surface area contributed by atoms with Gasteiger partial charge in [0.2, 0.25) is 0 Å². The third-order valence-electron chi connectivity index (χ3n) is 4.54. The van der Waals surface area contributed by atoms with Crippen molar-refractivity contribution in [1.29, 1.82) is 0 Å². The Morgan fingerprint density at radius 3 is 2.69 bits per heavy atom. The van der Waals surface area contributed by atoms with Crippen molar-refractivity contribution in [3.05, 3.63) is 35.4 Å². The van der Waals surface area contributed by atoms with Crippen molar-refractivity contribution in [2.24, 2.45) is 11.3 Å². The highest BCUT2D eigenvalue weighted by Gasteiger charge is 2.50. The van der Waals surface area contributed by atoms with E-state index in [9.17, 15) is 5.11 Å². The van der Waals surface area contributed by atoms with Gasteiger partial charge in [0.1, 0.15) is 0 Å². The zero-order valence-electron chi connectivity index (χ0n) is 10.1. The maximum Gasteiger partial charge on any atom is 0.0579 e. The Labute approximate surface area is 97.5 Å². The molecule has 86 valence electrons. The lowest BCUT2D eigenvalue weighted by Gasteiger charge is -2.32. The SMILES string of the molecule is CC1(C)CC1C(O)CC1Cc2ccccc21.